The lowest BCUT2D eigenvalue weighted by Gasteiger charge is -2.11. The van der Waals surface area contributed by atoms with Crippen LogP contribution in [0, 0.1) is 0 Å². The molecule has 3 aromatic rings. The van der Waals surface area contributed by atoms with Crippen molar-refractivity contribution in [3.63, 3.8) is 0 Å². The number of nitrogens with two attached hydrogens (primary N) is 1. The van der Waals surface area contributed by atoms with Crippen LogP contribution in [0.25, 0.3) is 21.9 Å². The molecule has 100 valence electrons. The van der Waals surface area contributed by atoms with Crippen LogP contribution in [-0.4, -0.2) is 9.97 Å². The van der Waals surface area contributed by atoms with Gasteiger partial charge < -0.3 is 5.73 Å². The fourth-order valence-corrected chi connectivity index (χ4v) is 2.54. The van der Waals surface area contributed by atoms with Gasteiger partial charge in [0.1, 0.15) is 5.82 Å². The number of hydrogen-bond acceptors (Lipinski definition) is 3. The average Bonchev–Trinajstić information content (AvgIpc) is 2.47. The Morgan fingerprint density at radius 1 is 1.05 bits per heavy atom. The van der Waals surface area contributed by atoms with E-state index in [9.17, 15) is 0 Å². The summed E-state index contributed by atoms with van der Waals surface area (Å²) in [6.07, 6.45) is 5.71. The SMILES string of the molecule is CCCc1nc(N)ccc1-c1cccc2ccncc12. The Balaban J connectivity index is 2.25. The number of nitrogens with zero attached hydrogens (tertiary/aromatic N) is 2. The maximum atomic E-state index is 5.83. The molecule has 0 spiro atoms. The molecule has 0 amide bonds. The lowest BCUT2D eigenvalue weighted by atomic mass is 9.97. The second-order valence-corrected chi connectivity index (χ2v) is 4.88. The van der Waals surface area contributed by atoms with Gasteiger partial charge in [0.15, 0.2) is 0 Å². The Labute approximate surface area is 118 Å². The molecule has 0 saturated carbocycles. The highest BCUT2D eigenvalue weighted by Gasteiger charge is 2.10. The molecule has 20 heavy (non-hydrogen) atoms. The molecule has 0 atom stereocenters. The van der Waals surface area contributed by atoms with Crippen LogP contribution in [0.2, 0.25) is 0 Å². The number of aryl methyl sites for hydroxylation is 1. The first-order chi connectivity index (χ1) is 9.79. The first-order valence-electron chi connectivity index (χ1n) is 6.88. The minimum Gasteiger partial charge on any atom is -0.384 e. The van der Waals surface area contributed by atoms with E-state index in [1.165, 1.54) is 10.9 Å². The van der Waals surface area contributed by atoms with Gasteiger partial charge in [-0.3, -0.25) is 4.98 Å². The zero-order valence-corrected chi connectivity index (χ0v) is 11.5. The summed E-state index contributed by atoms with van der Waals surface area (Å²) in [5, 5.41) is 2.34. The fourth-order valence-electron chi connectivity index (χ4n) is 2.54. The van der Waals surface area contributed by atoms with Crippen molar-refractivity contribution < 1.29 is 0 Å². The number of fused-ring (bicyclic) bond motifs is 1. The maximum Gasteiger partial charge on any atom is 0.123 e. The Hall–Kier alpha value is -2.42. The highest BCUT2D eigenvalue weighted by atomic mass is 14.8. The van der Waals surface area contributed by atoms with E-state index in [2.05, 4.69) is 41.2 Å². The van der Waals surface area contributed by atoms with E-state index in [0.717, 1.165) is 29.5 Å². The molecule has 0 radical (unpaired) electrons. The smallest absolute Gasteiger partial charge is 0.123 e. The van der Waals surface area contributed by atoms with Gasteiger partial charge in [-0.25, -0.2) is 4.98 Å². The summed E-state index contributed by atoms with van der Waals surface area (Å²) in [4.78, 5) is 8.75. The van der Waals surface area contributed by atoms with Crippen LogP contribution in [0.15, 0.2) is 48.8 Å². The van der Waals surface area contributed by atoms with Crippen LogP contribution < -0.4 is 5.73 Å². The van der Waals surface area contributed by atoms with E-state index in [-0.39, 0.29) is 0 Å². The highest BCUT2D eigenvalue weighted by Crippen LogP contribution is 2.30. The molecule has 0 fully saturated rings. The van der Waals surface area contributed by atoms with Gasteiger partial charge in [0.05, 0.1) is 5.69 Å². The number of aromatic nitrogens is 2. The number of hydrogen-bond donors (Lipinski definition) is 1. The van der Waals surface area contributed by atoms with Crippen molar-refractivity contribution in [2.75, 3.05) is 5.73 Å². The van der Waals surface area contributed by atoms with Crippen LogP contribution in [0.3, 0.4) is 0 Å². The van der Waals surface area contributed by atoms with E-state index >= 15 is 0 Å². The predicted molar refractivity (Wildman–Crippen MR) is 83.4 cm³/mol. The molecule has 0 aliphatic rings. The van der Waals surface area contributed by atoms with E-state index < -0.39 is 0 Å². The molecule has 2 aromatic heterocycles. The molecule has 0 aliphatic carbocycles. The van der Waals surface area contributed by atoms with Crippen LogP contribution in [0.4, 0.5) is 5.82 Å². The molecular weight excluding hydrogens is 246 g/mol. The topological polar surface area (TPSA) is 51.8 Å². The second-order valence-electron chi connectivity index (χ2n) is 4.88. The fraction of sp³-hybridized carbons (Fsp3) is 0.176. The van der Waals surface area contributed by atoms with Gasteiger partial charge in [-0.2, -0.15) is 0 Å². The second kappa shape index (κ2) is 5.29. The van der Waals surface area contributed by atoms with Crippen molar-refractivity contribution in [3.8, 4) is 11.1 Å². The quantitative estimate of drug-likeness (QED) is 0.781. The maximum absolute atomic E-state index is 5.83. The highest BCUT2D eigenvalue weighted by molar-refractivity contribution is 5.96. The number of benzene rings is 1. The van der Waals surface area contributed by atoms with Crippen molar-refractivity contribution in [2.45, 2.75) is 19.8 Å². The third-order valence-corrected chi connectivity index (χ3v) is 3.46. The minimum absolute atomic E-state index is 0.579. The van der Waals surface area contributed by atoms with Crippen LogP contribution in [0.1, 0.15) is 19.0 Å². The summed E-state index contributed by atoms with van der Waals surface area (Å²) in [6, 6.07) is 12.3. The Morgan fingerprint density at radius 3 is 2.80 bits per heavy atom. The van der Waals surface area contributed by atoms with Gasteiger partial charge in [0.25, 0.3) is 0 Å². The lowest BCUT2D eigenvalue weighted by molar-refractivity contribution is 0.887. The Bertz CT molecular complexity index is 745. The van der Waals surface area contributed by atoms with Crippen LogP contribution in [-0.2, 0) is 6.42 Å². The summed E-state index contributed by atoms with van der Waals surface area (Å²) in [7, 11) is 0. The van der Waals surface area contributed by atoms with Gasteiger partial charge in [-0.05, 0) is 35.6 Å². The molecule has 2 N–H and O–H groups in total. The minimum atomic E-state index is 0.579. The molecule has 0 saturated heterocycles. The number of rotatable bonds is 3. The number of nitrogen functional groups attached to an aromatic ring is 1. The summed E-state index contributed by atoms with van der Waals surface area (Å²) in [6.45, 7) is 2.15. The van der Waals surface area contributed by atoms with Gasteiger partial charge in [0.2, 0.25) is 0 Å². The van der Waals surface area contributed by atoms with Crippen molar-refractivity contribution in [2.24, 2.45) is 0 Å². The lowest BCUT2D eigenvalue weighted by Crippen LogP contribution is -1.99. The molecule has 0 unspecified atom stereocenters. The molecule has 0 bridgehead atoms. The molecular formula is C17H17N3. The summed E-state index contributed by atoms with van der Waals surface area (Å²) in [5.41, 5.74) is 9.21. The Morgan fingerprint density at radius 2 is 1.95 bits per heavy atom. The zero-order chi connectivity index (χ0) is 13.9. The normalized spacial score (nSPS) is 10.8. The van der Waals surface area contributed by atoms with E-state index in [1.807, 2.05) is 24.5 Å². The van der Waals surface area contributed by atoms with Crippen LogP contribution >= 0.6 is 0 Å². The van der Waals surface area contributed by atoms with E-state index in [0.29, 0.717) is 5.82 Å². The summed E-state index contributed by atoms with van der Waals surface area (Å²) < 4.78 is 0. The molecule has 0 aliphatic heterocycles. The van der Waals surface area contributed by atoms with Gasteiger partial charge in [-0.15, -0.1) is 0 Å². The van der Waals surface area contributed by atoms with Gasteiger partial charge in [0, 0.05) is 23.3 Å². The first-order valence-corrected chi connectivity index (χ1v) is 6.88. The average molecular weight is 263 g/mol. The van der Waals surface area contributed by atoms with Crippen molar-refractivity contribution in [3.05, 3.63) is 54.5 Å². The molecule has 3 nitrogen and oxygen atoms in total. The van der Waals surface area contributed by atoms with Crippen molar-refractivity contribution >= 4 is 16.6 Å². The molecule has 3 heteroatoms. The predicted octanol–water partition coefficient (Wildman–Crippen LogP) is 3.83. The van der Waals surface area contributed by atoms with Crippen molar-refractivity contribution in [1.82, 2.24) is 9.97 Å². The number of anilines is 1. The summed E-state index contributed by atoms with van der Waals surface area (Å²) >= 11 is 0. The zero-order valence-electron chi connectivity index (χ0n) is 11.5. The largest absolute Gasteiger partial charge is 0.384 e. The van der Waals surface area contributed by atoms with Gasteiger partial charge >= 0.3 is 0 Å². The Kier molecular flexibility index (Phi) is 3.33. The molecule has 1 aromatic carbocycles. The molecule has 3 rings (SSSR count). The number of pyridine rings is 2. The first kappa shape index (κ1) is 12.6. The van der Waals surface area contributed by atoms with Crippen molar-refractivity contribution in [1.29, 1.82) is 0 Å². The third kappa shape index (κ3) is 2.23. The van der Waals surface area contributed by atoms with E-state index in [1.54, 1.807) is 0 Å². The monoisotopic (exact) mass is 263 g/mol. The standard InChI is InChI=1S/C17H17N3/c1-2-4-16-14(7-8-17(18)20-16)13-6-3-5-12-9-10-19-11-15(12)13/h3,5-11H,2,4H2,1H3,(H2,18,20). The van der Waals surface area contributed by atoms with E-state index in [4.69, 9.17) is 5.73 Å². The third-order valence-electron chi connectivity index (χ3n) is 3.46. The molecule has 2 heterocycles. The van der Waals surface area contributed by atoms with Gasteiger partial charge in [-0.1, -0.05) is 31.5 Å². The summed E-state index contributed by atoms with van der Waals surface area (Å²) in [5.74, 6) is 0.579. The van der Waals surface area contributed by atoms with Crippen LogP contribution in [0.5, 0.6) is 0 Å².